The second kappa shape index (κ2) is 7.37. The molecule has 0 radical (unpaired) electrons. The fraction of sp³-hybridized carbons (Fsp3) is 0.321. The molecule has 0 saturated heterocycles. The number of benzene rings is 3. The molecule has 4 aromatic rings. The number of aryl methyl sites for hydroxylation is 1. The van der Waals surface area contributed by atoms with Crippen molar-refractivity contribution >= 4 is 39.2 Å². The van der Waals surface area contributed by atoms with Crippen molar-refractivity contribution in [2.75, 3.05) is 0 Å². The molecule has 0 spiro atoms. The van der Waals surface area contributed by atoms with Gasteiger partial charge in [-0.3, -0.25) is 0 Å². The van der Waals surface area contributed by atoms with Crippen LogP contribution in [0.1, 0.15) is 43.7 Å². The molecule has 0 N–H and O–H groups in total. The first kappa shape index (κ1) is 20.6. The van der Waals surface area contributed by atoms with Crippen molar-refractivity contribution in [3.05, 3.63) is 59.8 Å². The van der Waals surface area contributed by atoms with E-state index in [1.165, 1.54) is 37.1 Å². The first-order valence-electron chi connectivity index (χ1n) is 11.5. The van der Waals surface area contributed by atoms with Crippen molar-refractivity contribution in [2.24, 2.45) is 0 Å². The van der Waals surface area contributed by atoms with E-state index in [2.05, 4.69) is 80.5 Å². The molecule has 0 saturated carbocycles. The van der Waals surface area contributed by atoms with Gasteiger partial charge in [0.25, 0.3) is 0 Å². The molecule has 2 heterocycles. The van der Waals surface area contributed by atoms with Crippen LogP contribution in [-0.4, -0.2) is 18.3 Å². The van der Waals surface area contributed by atoms with Gasteiger partial charge in [0, 0.05) is 0 Å². The van der Waals surface area contributed by atoms with Crippen LogP contribution in [0.4, 0.5) is 0 Å². The van der Waals surface area contributed by atoms with Gasteiger partial charge >= 0.3 is 188 Å². The molecule has 1 aromatic heterocycles. The fourth-order valence-electron chi connectivity index (χ4n) is 5.28. The molecule has 1 aliphatic heterocycles. The van der Waals surface area contributed by atoms with Crippen LogP contribution >= 0.6 is 0 Å². The molecule has 5 rings (SSSR count). The Kier molecular flexibility index (Phi) is 4.89. The van der Waals surface area contributed by atoms with Gasteiger partial charge in [0.1, 0.15) is 0 Å². The number of fused-ring (bicyclic) bond motifs is 3. The summed E-state index contributed by atoms with van der Waals surface area (Å²) in [6.07, 6.45) is 4.19. The molecule has 158 valence electrons. The zero-order valence-electron chi connectivity index (χ0n) is 19.5. The molecule has 0 fully saturated rings. The van der Waals surface area contributed by atoms with E-state index >= 15 is 0 Å². The minimum atomic E-state index is -2.07. The van der Waals surface area contributed by atoms with E-state index in [1.54, 1.807) is 0 Å². The van der Waals surface area contributed by atoms with E-state index in [1.807, 2.05) is 6.20 Å². The summed E-state index contributed by atoms with van der Waals surface area (Å²) in [5.41, 5.74) is 4.81. The van der Waals surface area contributed by atoms with E-state index in [0.717, 1.165) is 35.6 Å². The SMILES string of the molecule is CCC(CC)c1c2c(cc3ccccc13)-c1nccc3[c]([Ge]([CH3])([CH3])[CH3])cc(C)c(c13)O2. The molecule has 0 atom stereocenters. The van der Waals surface area contributed by atoms with Gasteiger partial charge in [0.05, 0.1) is 0 Å². The average molecular weight is 470 g/mol. The Hall–Kier alpha value is -2.33. The number of aromatic nitrogens is 1. The zero-order chi connectivity index (χ0) is 21.9. The molecule has 2 nitrogen and oxygen atoms in total. The molecule has 1 aliphatic rings. The predicted octanol–water partition coefficient (Wildman–Crippen LogP) is 7.92. The summed E-state index contributed by atoms with van der Waals surface area (Å²) in [7, 11) is 0. The third-order valence-electron chi connectivity index (χ3n) is 6.89. The maximum absolute atomic E-state index is 6.85. The van der Waals surface area contributed by atoms with Gasteiger partial charge in [-0.05, 0) is 0 Å². The number of hydrogen-bond acceptors (Lipinski definition) is 2. The summed E-state index contributed by atoms with van der Waals surface area (Å²) < 4.78 is 8.39. The van der Waals surface area contributed by atoms with Gasteiger partial charge < -0.3 is 0 Å². The molecule has 0 bridgehead atoms. The second-order valence-corrected chi connectivity index (χ2v) is 20.5. The van der Waals surface area contributed by atoms with Crippen molar-refractivity contribution in [2.45, 2.75) is 56.8 Å². The van der Waals surface area contributed by atoms with E-state index < -0.39 is 13.3 Å². The summed E-state index contributed by atoms with van der Waals surface area (Å²) in [5, 5.41) is 5.12. The maximum atomic E-state index is 6.85. The second-order valence-electron chi connectivity index (χ2n) is 9.91. The van der Waals surface area contributed by atoms with Crippen LogP contribution in [0.3, 0.4) is 0 Å². The van der Waals surface area contributed by atoms with Gasteiger partial charge in [-0.15, -0.1) is 0 Å². The minimum absolute atomic E-state index is 0.463. The predicted molar refractivity (Wildman–Crippen MR) is 136 cm³/mol. The number of nitrogens with zero attached hydrogens (tertiary/aromatic N) is 1. The average Bonchev–Trinajstić information content (AvgIpc) is 2.75. The molecule has 0 unspecified atom stereocenters. The monoisotopic (exact) mass is 471 g/mol. The first-order chi connectivity index (χ1) is 14.8. The van der Waals surface area contributed by atoms with Crippen LogP contribution in [0, 0.1) is 6.92 Å². The van der Waals surface area contributed by atoms with Crippen molar-refractivity contribution < 1.29 is 4.74 Å². The molecule has 0 amide bonds. The molecule has 3 aromatic carbocycles. The Morgan fingerprint density at radius 3 is 2.39 bits per heavy atom. The topological polar surface area (TPSA) is 22.1 Å². The van der Waals surface area contributed by atoms with E-state index in [9.17, 15) is 0 Å². The fourth-order valence-corrected chi connectivity index (χ4v) is 8.77. The van der Waals surface area contributed by atoms with E-state index in [-0.39, 0.29) is 0 Å². The van der Waals surface area contributed by atoms with Crippen molar-refractivity contribution in [3.63, 3.8) is 0 Å². The van der Waals surface area contributed by atoms with E-state index in [0.29, 0.717) is 5.92 Å². The van der Waals surface area contributed by atoms with Gasteiger partial charge in [-0.2, -0.15) is 0 Å². The molecule has 3 heteroatoms. The standard InChI is InChI=1S/C28H31GeNO/c1-7-18(8-2)24-20-12-10-9-11-19(20)16-22-26-25-21(13-14-30-26)23(29(4,5)6)15-17(3)27(25)31-28(22)24/h9-16,18H,7-8H2,1-6H3. The molecule has 31 heavy (non-hydrogen) atoms. The first-order valence-corrected chi connectivity index (χ1v) is 18.9. The Morgan fingerprint density at radius 1 is 0.935 bits per heavy atom. The van der Waals surface area contributed by atoms with Gasteiger partial charge in [-0.1, -0.05) is 0 Å². The number of ether oxygens (including phenoxy) is 1. The number of pyridine rings is 1. The van der Waals surface area contributed by atoms with Gasteiger partial charge in [-0.25, -0.2) is 0 Å². The van der Waals surface area contributed by atoms with Crippen molar-refractivity contribution in [1.29, 1.82) is 0 Å². The summed E-state index contributed by atoms with van der Waals surface area (Å²) >= 11 is -2.07. The van der Waals surface area contributed by atoms with E-state index in [4.69, 9.17) is 9.72 Å². The summed E-state index contributed by atoms with van der Waals surface area (Å²) in [4.78, 5) is 4.94. The van der Waals surface area contributed by atoms with Crippen LogP contribution < -0.4 is 9.13 Å². The van der Waals surface area contributed by atoms with Crippen LogP contribution in [0.2, 0.25) is 17.3 Å². The molecule has 0 aliphatic carbocycles. The Bertz CT molecular complexity index is 1330. The van der Waals surface area contributed by atoms with Gasteiger partial charge in [0.15, 0.2) is 0 Å². The Morgan fingerprint density at radius 2 is 1.68 bits per heavy atom. The van der Waals surface area contributed by atoms with Gasteiger partial charge in [0.2, 0.25) is 0 Å². The zero-order valence-corrected chi connectivity index (χ0v) is 21.6. The van der Waals surface area contributed by atoms with Crippen molar-refractivity contribution in [3.8, 4) is 22.8 Å². The van der Waals surface area contributed by atoms with Crippen LogP contribution in [0.5, 0.6) is 11.5 Å². The van der Waals surface area contributed by atoms with Crippen LogP contribution in [0.25, 0.3) is 32.8 Å². The number of hydrogen-bond donors (Lipinski definition) is 0. The summed E-state index contributed by atoms with van der Waals surface area (Å²) in [6.45, 7) is 6.77. The Balaban J connectivity index is 1.94. The Labute approximate surface area is 188 Å². The van der Waals surface area contributed by atoms with Crippen molar-refractivity contribution in [1.82, 2.24) is 4.98 Å². The summed E-state index contributed by atoms with van der Waals surface area (Å²) in [5.74, 6) is 9.88. The van der Waals surface area contributed by atoms with Crippen LogP contribution in [-0.2, 0) is 0 Å². The quantitative estimate of drug-likeness (QED) is 0.249. The number of rotatable bonds is 4. The normalized spacial score (nSPS) is 13.0. The third kappa shape index (κ3) is 3.10. The van der Waals surface area contributed by atoms with Crippen LogP contribution in [0.15, 0.2) is 48.7 Å². The third-order valence-corrected chi connectivity index (χ3v) is 11.1. The summed E-state index contributed by atoms with van der Waals surface area (Å²) in [6, 6.07) is 15.6. The molecular formula is C28H31GeNO. The molecular weight excluding hydrogens is 439 g/mol.